The molecule has 4 bridgehead atoms. The van der Waals surface area contributed by atoms with Gasteiger partial charge in [-0.1, -0.05) is 13.8 Å². The monoisotopic (exact) mass is 420 g/mol. The molecule has 8 nitrogen and oxygen atoms in total. The van der Waals surface area contributed by atoms with E-state index in [1.807, 2.05) is 0 Å². The number of rotatable bonds is 8. The van der Waals surface area contributed by atoms with Crippen LogP contribution in [-0.2, 0) is 28.7 Å². The molecular weight excluding hydrogens is 388 g/mol. The average molecular weight is 421 g/mol. The van der Waals surface area contributed by atoms with Crippen LogP contribution in [0, 0.1) is 28.6 Å². The number of ether oxygens (including phenoxy) is 2. The fraction of sp³-hybridized carbons (Fsp3) is 0.818. The van der Waals surface area contributed by atoms with Gasteiger partial charge < -0.3 is 20.9 Å². The molecule has 0 spiro atoms. The molecule has 5 saturated carbocycles. The van der Waals surface area contributed by atoms with Gasteiger partial charge in [-0.15, -0.1) is 0 Å². The van der Waals surface area contributed by atoms with E-state index in [0.717, 1.165) is 19.3 Å². The molecule has 0 aromatic heterocycles. The minimum absolute atomic E-state index is 0.0105. The predicted octanol–water partition coefficient (Wildman–Crippen LogP) is 1.58. The molecule has 0 aromatic rings. The largest absolute Gasteiger partial charge is 0.461 e. The van der Waals surface area contributed by atoms with Gasteiger partial charge in [0.2, 0.25) is 5.91 Å². The first-order valence-corrected chi connectivity index (χ1v) is 11.0. The van der Waals surface area contributed by atoms with Crippen molar-refractivity contribution in [3.63, 3.8) is 0 Å². The van der Waals surface area contributed by atoms with E-state index in [1.165, 1.54) is 0 Å². The van der Waals surface area contributed by atoms with Crippen LogP contribution >= 0.6 is 0 Å². The van der Waals surface area contributed by atoms with Crippen LogP contribution in [0.2, 0.25) is 0 Å². The minimum atomic E-state index is -1.16. The molecule has 5 aliphatic carbocycles. The molecule has 0 aromatic carbocycles. The molecule has 0 radical (unpaired) electrons. The summed E-state index contributed by atoms with van der Waals surface area (Å²) in [5, 5.41) is 0. The number of carbonyl (C=O) groups excluding carboxylic acids is 4. The van der Waals surface area contributed by atoms with E-state index in [4.69, 9.17) is 20.9 Å². The number of nitrogens with two attached hydrogens (primary N) is 2. The molecule has 5 rings (SSSR count). The number of primary amides is 2. The van der Waals surface area contributed by atoms with Crippen LogP contribution in [0.4, 0.5) is 0 Å². The van der Waals surface area contributed by atoms with Crippen molar-refractivity contribution in [1.82, 2.24) is 0 Å². The Labute approximate surface area is 176 Å². The maximum Gasteiger partial charge on any atom is 0.307 e. The van der Waals surface area contributed by atoms with Gasteiger partial charge in [0.05, 0.1) is 18.3 Å². The van der Waals surface area contributed by atoms with E-state index in [2.05, 4.69) is 0 Å². The maximum absolute atomic E-state index is 12.8. The highest BCUT2D eigenvalue weighted by molar-refractivity contribution is 5.89. The van der Waals surface area contributed by atoms with Crippen molar-refractivity contribution < 1.29 is 28.7 Å². The summed E-state index contributed by atoms with van der Waals surface area (Å²) in [7, 11) is 0. The zero-order valence-electron chi connectivity index (χ0n) is 17.8. The molecule has 5 aliphatic rings. The molecule has 5 fully saturated rings. The van der Waals surface area contributed by atoms with Crippen molar-refractivity contribution in [2.45, 2.75) is 83.3 Å². The zero-order valence-corrected chi connectivity index (χ0v) is 17.8. The fourth-order valence-corrected chi connectivity index (χ4v) is 6.34. The van der Waals surface area contributed by atoms with Gasteiger partial charge in [-0.25, -0.2) is 0 Å². The summed E-state index contributed by atoms with van der Waals surface area (Å²) in [6.07, 6.45) is 4.91. The molecule has 0 aliphatic heterocycles. The first-order valence-electron chi connectivity index (χ1n) is 11.0. The smallest absolute Gasteiger partial charge is 0.307 e. The molecule has 2 amide bonds. The first kappa shape index (κ1) is 21.1. The van der Waals surface area contributed by atoms with Gasteiger partial charge in [-0.3, -0.25) is 19.2 Å². The van der Waals surface area contributed by atoms with E-state index in [1.54, 1.807) is 13.8 Å². The molecule has 0 heterocycles. The Hall–Kier alpha value is -2.12. The van der Waals surface area contributed by atoms with Gasteiger partial charge in [0.25, 0.3) is 5.91 Å². The molecule has 30 heavy (non-hydrogen) atoms. The average Bonchev–Trinajstić information content (AvgIpc) is 3.37. The quantitative estimate of drug-likeness (QED) is 0.572. The Morgan fingerprint density at radius 1 is 0.900 bits per heavy atom. The standard InChI is InChI=1S/C22H32N2O6/c1-20(2,11-16(26)30-22(3-4-22)19(24)28)10-15(25)29-17-14-6-12-5-13(7-14)9-21(17,8-12)18(23)27/h12-14,17H,3-11H2,1-2H3,(H2,23,27)(H2,24,28). The van der Waals surface area contributed by atoms with Gasteiger partial charge in [0, 0.05) is 12.8 Å². The molecule has 3 atom stereocenters. The Morgan fingerprint density at radius 3 is 1.97 bits per heavy atom. The SMILES string of the molecule is CC(C)(CC(=O)OC1C2CC3CC(C2)CC1(C(N)=O)C3)CC(=O)OC1(C(N)=O)CC1. The number of amides is 2. The summed E-state index contributed by atoms with van der Waals surface area (Å²) in [6, 6.07) is 0. The topological polar surface area (TPSA) is 139 Å². The van der Waals surface area contributed by atoms with Gasteiger partial charge >= 0.3 is 11.9 Å². The highest BCUT2D eigenvalue weighted by Crippen LogP contribution is 2.61. The van der Waals surface area contributed by atoms with Crippen LogP contribution in [0.15, 0.2) is 0 Å². The van der Waals surface area contributed by atoms with Crippen LogP contribution in [-0.4, -0.2) is 35.5 Å². The Kier molecular flexibility index (Phi) is 4.90. The zero-order chi connectivity index (χ0) is 21.9. The van der Waals surface area contributed by atoms with Crippen LogP contribution in [0.1, 0.15) is 71.6 Å². The lowest BCUT2D eigenvalue weighted by atomic mass is 9.48. The van der Waals surface area contributed by atoms with Crippen LogP contribution in [0.3, 0.4) is 0 Å². The molecule has 166 valence electrons. The summed E-state index contributed by atoms with van der Waals surface area (Å²) < 4.78 is 11.2. The van der Waals surface area contributed by atoms with Crippen molar-refractivity contribution in [3.8, 4) is 0 Å². The third kappa shape index (κ3) is 3.69. The van der Waals surface area contributed by atoms with Gasteiger partial charge in [-0.05, 0) is 55.3 Å². The minimum Gasteiger partial charge on any atom is -0.461 e. The molecule has 4 N–H and O–H groups in total. The summed E-state index contributed by atoms with van der Waals surface area (Å²) in [5.74, 6) is -0.789. The van der Waals surface area contributed by atoms with Crippen molar-refractivity contribution in [2.24, 2.45) is 40.1 Å². The first-order chi connectivity index (χ1) is 13.9. The van der Waals surface area contributed by atoms with E-state index in [0.29, 0.717) is 37.5 Å². The Morgan fingerprint density at radius 2 is 1.47 bits per heavy atom. The van der Waals surface area contributed by atoms with E-state index in [9.17, 15) is 19.2 Å². The predicted molar refractivity (Wildman–Crippen MR) is 105 cm³/mol. The van der Waals surface area contributed by atoms with Crippen molar-refractivity contribution in [1.29, 1.82) is 0 Å². The third-order valence-electron chi connectivity index (χ3n) is 7.67. The summed E-state index contributed by atoms with van der Waals surface area (Å²) >= 11 is 0. The number of esters is 2. The highest BCUT2D eigenvalue weighted by atomic mass is 16.6. The van der Waals surface area contributed by atoms with Crippen LogP contribution in [0.5, 0.6) is 0 Å². The third-order valence-corrected chi connectivity index (χ3v) is 7.67. The van der Waals surface area contributed by atoms with E-state index < -0.39 is 40.4 Å². The lowest BCUT2D eigenvalue weighted by Gasteiger charge is -2.58. The van der Waals surface area contributed by atoms with Gasteiger partial charge in [-0.2, -0.15) is 0 Å². The van der Waals surface area contributed by atoms with Crippen molar-refractivity contribution >= 4 is 23.8 Å². The normalized spacial score (nSPS) is 35.5. The molecule has 8 heteroatoms. The van der Waals surface area contributed by atoms with Gasteiger partial charge in [0.1, 0.15) is 6.10 Å². The number of hydrogen-bond acceptors (Lipinski definition) is 6. The second kappa shape index (κ2) is 6.95. The van der Waals surface area contributed by atoms with E-state index in [-0.39, 0.29) is 24.7 Å². The fourth-order valence-electron chi connectivity index (χ4n) is 6.34. The maximum atomic E-state index is 12.8. The molecular formula is C22H32N2O6. The Bertz CT molecular complexity index is 772. The lowest BCUT2D eigenvalue weighted by Crippen LogP contribution is -2.62. The van der Waals surface area contributed by atoms with Crippen LogP contribution in [0.25, 0.3) is 0 Å². The Balaban J connectivity index is 1.37. The summed E-state index contributed by atoms with van der Waals surface area (Å²) in [4.78, 5) is 48.9. The lowest BCUT2D eigenvalue weighted by molar-refractivity contribution is -0.197. The second-order valence-corrected chi connectivity index (χ2v) is 10.9. The molecule has 3 unspecified atom stereocenters. The van der Waals surface area contributed by atoms with Crippen LogP contribution < -0.4 is 11.5 Å². The molecule has 0 saturated heterocycles. The number of hydrogen-bond donors (Lipinski definition) is 2. The summed E-state index contributed by atoms with van der Waals surface area (Å²) in [5.41, 5.74) is 8.48. The highest BCUT2D eigenvalue weighted by Gasteiger charge is 2.62. The van der Waals surface area contributed by atoms with Gasteiger partial charge in [0.15, 0.2) is 5.60 Å². The summed E-state index contributed by atoms with van der Waals surface area (Å²) in [6.45, 7) is 3.56. The number of carbonyl (C=O) groups is 4. The van der Waals surface area contributed by atoms with Crippen molar-refractivity contribution in [3.05, 3.63) is 0 Å². The van der Waals surface area contributed by atoms with Crippen molar-refractivity contribution in [2.75, 3.05) is 0 Å². The van der Waals surface area contributed by atoms with E-state index >= 15 is 0 Å². The second-order valence-electron chi connectivity index (χ2n) is 10.9.